The lowest BCUT2D eigenvalue weighted by atomic mass is 9.86. The van der Waals surface area contributed by atoms with Crippen molar-refractivity contribution in [2.45, 2.75) is 32.6 Å². The lowest BCUT2D eigenvalue weighted by Gasteiger charge is -2.21. The van der Waals surface area contributed by atoms with Crippen molar-refractivity contribution in [1.82, 2.24) is 4.98 Å². The molecular formula is C17H16N2S. The maximum Gasteiger partial charge on any atom is 0.122 e. The van der Waals surface area contributed by atoms with Crippen LogP contribution in [0.5, 0.6) is 0 Å². The van der Waals surface area contributed by atoms with Crippen LogP contribution in [0.3, 0.4) is 0 Å². The minimum absolute atomic E-state index is 0.575. The van der Waals surface area contributed by atoms with Gasteiger partial charge in [-0.1, -0.05) is 36.5 Å². The van der Waals surface area contributed by atoms with Crippen LogP contribution in [0.4, 0.5) is 0 Å². The molecule has 1 aliphatic rings. The molecule has 0 unspecified atom stereocenters. The van der Waals surface area contributed by atoms with Gasteiger partial charge in [-0.3, -0.25) is 0 Å². The van der Waals surface area contributed by atoms with Crippen molar-refractivity contribution >= 4 is 12.2 Å². The van der Waals surface area contributed by atoms with Crippen LogP contribution >= 0.6 is 12.2 Å². The van der Waals surface area contributed by atoms with Crippen LogP contribution in [-0.2, 0) is 12.8 Å². The maximum absolute atomic E-state index is 9.52. The Morgan fingerprint density at radius 2 is 1.95 bits per heavy atom. The summed E-state index contributed by atoms with van der Waals surface area (Å²) in [6.45, 7) is 2.09. The molecule has 2 nitrogen and oxygen atoms in total. The van der Waals surface area contributed by atoms with E-state index < -0.39 is 0 Å². The number of aromatic amines is 1. The van der Waals surface area contributed by atoms with E-state index in [1.54, 1.807) is 0 Å². The van der Waals surface area contributed by atoms with E-state index >= 15 is 0 Å². The van der Waals surface area contributed by atoms with Crippen molar-refractivity contribution in [3.63, 3.8) is 0 Å². The zero-order valence-corrected chi connectivity index (χ0v) is 12.3. The summed E-state index contributed by atoms with van der Waals surface area (Å²) in [5.41, 5.74) is 6.52. The molecule has 1 heterocycles. The summed E-state index contributed by atoms with van der Waals surface area (Å²) in [4.78, 5) is 3.27. The van der Waals surface area contributed by atoms with E-state index in [-0.39, 0.29) is 0 Å². The highest BCUT2D eigenvalue weighted by molar-refractivity contribution is 7.71. The van der Waals surface area contributed by atoms with Gasteiger partial charge >= 0.3 is 0 Å². The molecule has 0 fully saturated rings. The molecule has 100 valence electrons. The molecule has 1 N–H and O–H groups in total. The number of rotatable bonds is 1. The van der Waals surface area contributed by atoms with Gasteiger partial charge in [0.1, 0.15) is 10.7 Å². The molecule has 0 saturated heterocycles. The number of hydrogen-bond acceptors (Lipinski definition) is 2. The number of aryl methyl sites for hydroxylation is 2. The third kappa shape index (κ3) is 2.07. The Balaban J connectivity index is 2.39. The first-order valence-electron chi connectivity index (χ1n) is 6.96. The fourth-order valence-corrected chi connectivity index (χ4v) is 3.31. The summed E-state index contributed by atoms with van der Waals surface area (Å²) < 4.78 is 0.575. The van der Waals surface area contributed by atoms with Crippen LogP contribution in [0, 0.1) is 22.9 Å². The van der Waals surface area contributed by atoms with Gasteiger partial charge in [0.25, 0.3) is 0 Å². The number of H-pyrrole nitrogens is 1. The van der Waals surface area contributed by atoms with Crippen LogP contribution in [0.1, 0.15) is 35.2 Å². The molecule has 20 heavy (non-hydrogen) atoms. The molecule has 0 bridgehead atoms. The van der Waals surface area contributed by atoms with Crippen molar-refractivity contribution in [3.8, 4) is 17.2 Å². The van der Waals surface area contributed by atoms with Gasteiger partial charge in [0.15, 0.2) is 0 Å². The van der Waals surface area contributed by atoms with Crippen LogP contribution in [0.2, 0.25) is 0 Å². The molecule has 1 aromatic heterocycles. The predicted octanol–water partition coefficient (Wildman–Crippen LogP) is 4.47. The normalized spacial score (nSPS) is 13.6. The number of nitrogens with one attached hydrogen (secondary N) is 1. The standard InChI is InChI=1S/C17H16N2S/c1-11-6-2-3-7-12(11)16-13-8-4-5-9-15(13)19-17(20)14(16)10-18/h2-3,6-7H,4-5,8-9H2,1H3,(H,19,20). The first-order valence-corrected chi connectivity index (χ1v) is 7.37. The number of hydrogen-bond donors (Lipinski definition) is 1. The highest BCUT2D eigenvalue weighted by Crippen LogP contribution is 2.35. The Morgan fingerprint density at radius 1 is 1.20 bits per heavy atom. The van der Waals surface area contributed by atoms with Gasteiger partial charge in [0.05, 0.1) is 5.56 Å². The largest absolute Gasteiger partial charge is 0.349 e. The Morgan fingerprint density at radius 3 is 2.70 bits per heavy atom. The molecule has 1 aliphatic carbocycles. The van der Waals surface area contributed by atoms with Gasteiger partial charge in [0, 0.05) is 11.3 Å². The van der Waals surface area contributed by atoms with Crippen molar-refractivity contribution in [2.24, 2.45) is 0 Å². The molecule has 0 radical (unpaired) electrons. The monoisotopic (exact) mass is 280 g/mol. The molecule has 0 atom stereocenters. The van der Waals surface area contributed by atoms with Crippen molar-refractivity contribution in [1.29, 1.82) is 5.26 Å². The van der Waals surface area contributed by atoms with Crippen molar-refractivity contribution in [2.75, 3.05) is 0 Å². The van der Waals surface area contributed by atoms with Gasteiger partial charge in [-0.25, -0.2) is 0 Å². The lowest BCUT2D eigenvalue weighted by molar-refractivity contribution is 0.668. The minimum Gasteiger partial charge on any atom is -0.349 e. The number of aromatic nitrogens is 1. The fraction of sp³-hybridized carbons (Fsp3) is 0.294. The average Bonchev–Trinajstić information content (AvgIpc) is 2.46. The SMILES string of the molecule is Cc1ccccc1-c1c2c([nH]c(=S)c1C#N)CCCC2. The molecule has 3 rings (SSSR count). The first-order chi connectivity index (χ1) is 9.72. The van der Waals surface area contributed by atoms with E-state index in [4.69, 9.17) is 12.2 Å². The third-order valence-corrected chi connectivity index (χ3v) is 4.34. The molecule has 0 spiro atoms. The highest BCUT2D eigenvalue weighted by Gasteiger charge is 2.20. The Hall–Kier alpha value is -1.92. The molecular weight excluding hydrogens is 264 g/mol. The lowest BCUT2D eigenvalue weighted by Crippen LogP contribution is -2.10. The predicted molar refractivity (Wildman–Crippen MR) is 83.2 cm³/mol. The van der Waals surface area contributed by atoms with Gasteiger partial charge in [-0.2, -0.15) is 5.26 Å². The smallest absolute Gasteiger partial charge is 0.122 e. The van der Waals surface area contributed by atoms with Crippen molar-refractivity contribution in [3.05, 3.63) is 51.3 Å². The second kappa shape index (κ2) is 5.22. The van der Waals surface area contributed by atoms with E-state index in [1.165, 1.54) is 29.7 Å². The zero-order valence-electron chi connectivity index (χ0n) is 11.5. The summed E-state index contributed by atoms with van der Waals surface area (Å²) in [6, 6.07) is 10.5. The maximum atomic E-state index is 9.52. The quantitative estimate of drug-likeness (QED) is 0.783. The number of benzene rings is 1. The van der Waals surface area contributed by atoms with E-state index in [0.29, 0.717) is 10.2 Å². The molecule has 2 aromatic rings. The first kappa shape index (κ1) is 13.1. The molecule has 1 aromatic carbocycles. The van der Waals surface area contributed by atoms with Gasteiger partial charge in [-0.05, 0) is 49.3 Å². The van der Waals surface area contributed by atoms with Crippen LogP contribution < -0.4 is 0 Å². The van der Waals surface area contributed by atoms with E-state index in [0.717, 1.165) is 24.0 Å². The highest BCUT2D eigenvalue weighted by atomic mass is 32.1. The second-order valence-corrected chi connectivity index (χ2v) is 5.70. The average molecular weight is 280 g/mol. The second-order valence-electron chi connectivity index (χ2n) is 5.30. The summed E-state index contributed by atoms with van der Waals surface area (Å²) in [5, 5.41) is 9.52. The Bertz CT molecular complexity index is 766. The van der Waals surface area contributed by atoms with Crippen LogP contribution in [-0.4, -0.2) is 4.98 Å². The minimum atomic E-state index is 0.575. The summed E-state index contributed by atoms with van der Waals surface area (Å²) in [5.74, 6) is 0. The van der Waals surface area contributed by atoms with Gasteiger partial charge in [-0.15, -0.1) is 0 Å². The fourth-order valence-electron chi connectivity index (χ4n) is 3.04. The van der Waals surface area contributed by atoms with Gasteiger partial charge < -0.3 is 4.98 Å². The van der Waals surface area contributed by atoms with Crippen LogP contribution in [0.25, 0.3) is 11.1 Å². The molecule has 0 aliphatic heterocycles. The van der Waals surface area contributed by atoms with E-state index in [9.17, 15) is 5.26 Å². The molecule has 0 amide bonds. The van der Waals surface area contributed by atoms with Gasteiger partial charge in [0.2, 0.25) is 0 Å². The van der Waals surface area contributed by atoms with Crippen LogP contribution in [0.15, 0.2) is 24.3 Å². The molecule has 0 saturated carbocycles. The van der Waals surface area contributed by atoms with E-state index in [1.807, 2.05) is 12.1 Å². The summed E-state index contributed by atoms with van der Waals surface area (Å²) in [6.07, 6.45) is 4.43. The summed E-state index contributed by atoms with van der Waals surface area (Å²) in [7, 11) is 0. The topological polar surface area (TPSA) is 39.6 Å². The Kier molecular flexibility index (Phi) is 3.42. The molecule has 3 heteroatoms. The third-order valence-electron chi connectivity index (χ3n) is 4.04. The number of pyridine rings is 1. The summed E-state index contributed by atoms with van der Waals surface area (Å²) >= 11 is 5.39. The zero-order chi connectivity index (χ0) is 14.1. The number of nitrogens with zero attached hydrogens (tertiary/aromatic N) is 1. The van der Waals surface area contributed by atoms with E-state index in [2.05, 4.69) is 30.1 Å². The number of fused-ring (bicyclic) bond motifs is 1. The number of nitriles is 1. The Labute approximate surface area is 124 Å². The van der Waals surface area contributed by atoms with Crippen molar-refractivity contribution < 1.29 is 0 Å².